The van der Waals surface area contributed by atoms with Gasteiger partial charge in [-0.25, -0.2) is 4.57 Å². The van der Waals surface area contributed by atoms with Gasteiger partial charge in [0.1, 0.15) is 0 Å². The molecule has 0 aromatic heterocycles. The molecule has 42 heavy (non-hydrogen) atoms. The Kier molecular flexibility index (Phi) is 28.4. The number of aliphatic hydroxyl groups excluding tert-OH is 2. The number of nitrogens with two attached hydrogens (primary N) is 1. The van der Waals surface area contributed by atoms with Crippen molar-refractivity contribution in [3.8, 4) is 0 Å². The van der Waals surface area contributed by atoms with E-state index < -0.39 is 38.6 Å². The molecule has 0 radical (unpaired) electrons. The van der Waals surface area contributed by atoms with E-state index in [1.54, 1.807) is 6.08 Å². The van der Waals surface area contributed by atoms with Crippen LogP contribution in [0.4, 0.5) is 0 Å². The second-order valence-electron chi connectivity index (χ2n) is 11.6. The van der Waals surface area contributed by atoms with E-state index in [0.29, 0.717) is 6.42 Å². The number of hydrogen-bond donors (Lipinski definition) is 5. The van der Waals surface area contributed by atoms with Gasteiger partial charge in [-0.15, -0.1) is 0 Å². The molecule has 4 atom stereocenters. The third-order valence-electron chi connectivity index (χ3n) is 7.42. The van der Waals surface area contributed by atoms with E-state index >= 15 is 0 Å². The molecule has 0 aliphatic carbocycles. The molecule has 9 nitrogen and oxygen atoms in total. The molecule has 0 aliphatic rings. The third-order valence-corrected chi connectivity index (χ3v) is 8.40. The molecule has 250 valence electrons. The molecule has 4 unspecified atom stereocenters. The normalized spacial score (nSPS) is 15.5. The summed E-state index contributed by atoms with van der Waals surface area (Å²) in [5, 5.41) is 23.7. The maximum absolute atomic E-state index is 12.6. The molecular weight excluding hydrogens is 555 g/mol. The van der Waals surface area contributed by atoms with Gasteiger partial charge >= 0.3 is 7.82 Å². The zero-order valence-corrected chi connectivity index (χ0v) is 27.8. The number of rotatable bonds is 31. The van der Waals surface area contributed by atoms with Crippen molar-refractivity contribution in [2.75, 3.05) is 19.8 Å². The number of carbonyl (C=O) groups excluding carboxylic acids is 1. The number of aliphatic hydroxyl groups is 2. The van der Waals surface area contributed by atoms with E-state index in [-0.39, 0.29) is 19.6 Å². The summed E-state index contributed by atoms with van der Waals surface area (Å²) >= 11 is 0. The van der Waals surface area contributed by atoms with E-state index in [1.807, 2.05) is 6.08 Å². The predicted octanol–water partition coefficient (Wildman–Crippen LogP) is 7.07. The van der Waals surface area contributed by atoms with Gasteiger partial charge in [-0.3, -0.25) is 13.8 Å². The first kappa shape index (κ1) is 41.2. The average molecular weight is 621 g/mol. The van der Waals surface area contributed by atoms with Crippen molar-refractivity contribution in [1.82, 2.24) is 5.32 Å². The van der Waals surface area contributed by atoms with Gasteiger partial charge in [-0.1, -0.05) is 135 Å². The predicted molar refractivity (Wildman–Crippen MR) is 172 cm³/mol. The lowest BCUT2D eigenvalue weighted by atomic mass is 10.0. The van der Waals surface area contributed by atoms with Crippen LogP contribution in [0.1, 0.15) is 149 Å². The summed E-state index contributed by atoms with van der Waals surface area (Å²) in [6.45, 7) is 3.90. The minimum absolute atomic E-state index is 0.0507. The topological polar surface area (TPSA) is 151 Å². The van der Waals surface area contributed by atoms with Crippen LogP contribution < -0.4 is 11.1 Å². The van der Waals surface area contributed by atoms with Crippen LogP contribution in [-0.2, 0) is 18.4 Å². The van der Waals surface area contributed by atoms with Crippen LogP contribution >= 0.6 is 7.82 Å². The number of allylic oxidation sites excluding steroid dienone is 1. The number of phosphoric ester groups is 1. The lowest BCUT2D eigenvalue weighted by molar-refractivity contribution is -0.124. The molecule has 0 bridgehead atoms. The lowest BCUT2D eigenvalue weighted by Crippen LogP contribution is -2.46. The third kappa shape index (κ3) is 26.8. The Morgan fingerprint density at radius 1 is 0.810 bits per heavy atom. The first-order valence-electron chi connectivity index (χ1n) is 16.9. The highest BCUT2D eigenvalue weighted by Crippen LogP contribution is 2.43. The van der Waals surface area contributed by atoms with E-state index in [1.165, 1.54) is 83.5 Å². The second kappa shape index (κ2) is 28.9. The van der Waals surface area contributed by atoms with E-state index in [4.69, 9.17) is 14.8 Å². The molecule has 0 fully saturated rings. The van der Waals surface area contributed by atoms with Crippen molar-refractivity contribution in [3.63, 3.8) is 0 Å². The summed E-state index contributed by atoms with van der Waals surface area (Å²) in [4.78, 5) is 22.5. The van der Waals surface area contributed by atoms with Gasteiger partial charge in [0, 0.05) is 6.54 Å². The van der Waals surface area contributed by atoms with Crippen molar-refractivity contribution in [3.05, 3.63) is 12.2 Å². The molecule has 0 saturated heterocycles. The Hall–Kier alpha value is -0.800. The van der Waals surface area contributed by atoms with Crippen LogP contribution in [0, 0.1) is 0 Å². The maximum Gasteiger partial charge on any atom is 0.472 e. The Morgan fingerprint density at radius 3 is 1.83 bits per heavy atom. The van der Waals surface area contributed by atoms with Crippen LogP contribution in [-0.4, -0.2) is 59.0 Å². The SMILES string of the molecule is CCCCCCCCCC/C=C/C(O)C(COP(=O)(O)OCCN)NC(=O)CC(O)CCCCCCCCCCCC. The van der Waals surface area contributed by atoms with Gasteiger partial charge in [0.25, 0.3) is 0 Å². The Bertz CT molecular complexity index is 696. The van der Waals surface area contributed by atoms with Crippen molar-refractivity contribution in [1.29, 1.82) is 0 Å². The first-order chi connectivity index (χ1) is 20.3. The zero-order valence-electron chi connectivity index (χ0n) is 26.9. The molecule has 0 aromatic rings. The monoisotopic (exact) mass is 620 g/mol. The van der Waals surface area contributed by atoms with Crippen molar-refractivity contribution in [2.24, 2.45) is 5.73 Å². The molecule has 0 heterocycles. The Balaban J connectivity index is 4.53. The summed E-state index contributed by atoms with van der Waals surface area (Å²) in [7, 11) is -4.38. The number of carbonyl (C=O) groups is 1. The fraction of sp³-hybridized carbons (Fsp3) is 0.906. The van der Waals surface area contributed by atoms with Crippen molar-refractivity contribution < 1.29 is 33.5 Å². The molecule has 0 aromatic carbocycles. The number of phosphoric acid groups is 1. The molecule has 0 saturated carbocycles. The highest BCUT2D eigenvalue weighted by atomic mass is 31.2. The van der Waals surface area contributed by atoms with E-state index in [0.717, 1.165) is 38.5 Å². The maximum atomic E-state index is 12.6. The van der Waals surface area contributed by atoms with E-state index in [2.05, 4.69) is 19.2 Å². The Labute approximate surface area is 257 Å². The summed E-state index contributed by atoms with van der Waals surface area (Å²) in [6.07, 6.45) is 24.4. The number of amides is 1. The minimum atomic E-state index is -4.38. The molecule has 0 spiro atoms. The first-order valence-corrected chi connectivity index (χ1v) is 18.4. The summed E-state index contributed by atoms with van der Waals surface area (Å²) in [5.74, 6) is -0.450. The summed E-state index contributed by atoms with van der Waals surface area (Å²) in [5.41, 5.74) is 5.32. The summed E-state index contributed by atoms with van der Waals surface area (Å²) in [6, 6.07) is -0.973. The average Bonchev–Trinajstić information content (AvgIpc) is 2.96. The molecule has 0 rings (SSSR count). The van der Waals surface area contributed by atoms with Gasteiger partial charge in [-0.2, -0.15) is 0 Å². The molecular formula is C32H65N2O7P. The van der Waals surface area contributed by atoms with Crippen molar-refractivity contribution in [2.45, 2.75) is 167 Å². The fourth-order valence-corrected chi connectivity index (χ4v) is 5.58. The fourth-order valence-electron chi connectivity index (χ4n) is 4.82. The van der Waals surface area contributed by atoms with Crippen molar-refractivity contribution >= 4 is 13.7 Å². The van der Waals surface area contributed by atoms with Crippen LogP contribution in [0.25, 0.3) is 0 Å². The highest BCUT2D eigenvalue weighted by molar-refractivity contribution is 7.47. The van der Waals surface area contributed by atoms with Crippen LogP contribution in [0.5, 0.6) is 0 Å². The van der Waals surface area contributed by atoms with E-state index in [9.17, 15) is 24.5 Å². The van der Waals surface area contributed by atoms with Gasteiger partial charge in [-0.05, 0) is 19.3 Å². The molecule has 1 amide bonds. The quantitative estimate of drug-likeness (QED) is 0.0313. The van der Waals surface area contributed by atoms with Gasteiger partial charge < -0.3 is 26.2 Å². The minimum Gasteiger partial charge on any atom is -0.393 e. The van der Waals surface area contributed by atoms with Crippen LogP contribution in [0.2, 0.25) is 0 Å². The standard InChI is InChI=1S/C32H65N2O7P/c1-3-5-7-9-11-13-15-17-19-21-23-29(35)27-32(37)34-30(28-41-42(38,39)40-26-25-33)31(36)24-22-20-18-16-14-12-10-8-6-4-2/h22,24,29-31,35-36H,3-21,23,25-28,33H2,1-2H3,(H,34,37)(H,38,39)/b24-22+. The lowest BCUT2D eigenvalue weighted by Gasteiger charge is -2.24. The molecule has 10 heteroatoms. The molecule has 0 aliphatic heterocycles. The van der Waals surface area contributed by atoms with Gasteiger partial charge in [0.2, 0.25) is 5.91 Å². The van der Waals surface area contributed by atoms with Gasteiger partial charge in [0.15, 0.2) is 0 Å². The smallest absolute Gasteiger partial charge is 0.393 e. The second-order valence-corrected chi connectivity index (χ2v) is 13.0. The van der Waals surface area contributed by atoms with Crippen LogP contribution in [0.3, 0.4) is 0 Å². The number of nitrogens with one attached hydrogen (secondary N) is 1. The Morgan fingerprint density at radius 2 is 1.31 bits per heavy atom. The number of unbranched alkanes of at least 4 members (excludes halogenated alkanes) is 17. The van der Waals surface area contributed by atoms with Gasteiger partial charge in [0.05, 0.1) is 37.9 Å². The summed E-state index contributed by atoms with van der Waals surface area (Å²) < 4.78 is 21.9. The zero-order chi connectivity index (χ0) is 31.3. The largest absolute Gasteiger partial charge is 0.472 e. The molecule has 6 N–H and O–H groups in total. The van der Waals surface area contributed by atoms with Crippen LogP contribution in [0.15, 0.2) is 12.2 Å². The number of hydrogen-bond acceptors (Lipinski definition) is 7. The highest BCUT2D eigenvalue weighted by Gasteiger charge is 2.27.